The number of nitrogens with zero attached hydrogens (tertiary/aromatic N) is 5. The van der Waals surface area contributed by atoms with Crippen LogP contribution < -0.4 is 10.6 Å². The van der Waals surface area contributed by atoms with Crippen LogP contribution in [0.25, 0.3) is 0 Å². The number of carbonyl (C=O) groups is 2. The van der Waals surface area contributed by atoms with Gasteiger partial charge in [-0.15, -0.1) is 10.2 Å². The van der Waals surface area contributed by atoms with Crippen molar-refractivity contribution in [2.24, 2.45) is 4.99 Å². The lowest BCUT2D eigenvalue weighted by Crippen LogP contribution is -2.46. The molecule has 1 aliphatic rings. The predicted molar refractivity (Wildman–Crippen MR) is 89.3 cm³/mol. The summed E-state index contributed by atoms with van der Waals surface area (Å²) >= 11 is 0. The van der Waals surface area contributed by atoms with E-state index in [0.717, 1.165) is 18.8 Å². The highest BCUT2D eigenvalue weighted by atomic mass is 16.2. The van der Waals surface area contributed by atoms with E-state index < -0.39 is 0 Å². The van der Waals surface area contributed by atoms with Gasteiger partial charge in [-0.2, -0.15) is 0 Å². The van der Waals surface area contributed by atoms with Crippen LogP contribution in [0.2, 0.25) is 0 Å². The van der Waals surface area contributed by atoms with Crippen LogP contribution in [-0.2, 0) is 22.6 Å². The number of rotatable bonds is 7. The van der Waals surface area contributed by atoms with Gasteiger partial charge in [0.05, 0.1) is 0 Å². The molecule has 1 aliphatic heterocycles. The van der Waals surface area contributed by atoms with E-state index >= 15 is 0 Å². The van der Waals surface area contributed by atoms with Crippen LogP contribution in [0.1, 0.15) is 32.0 Å². The molecule has 0 bridgehead atoms. The fourth-order valence-corrected chi connectivity index (χ4v) is 2.59. The topological polar surface area (TPSA) is 105 Å². The monoisotopic (exact) mass is 335 g/mol. The lowest BCUT2D eigenvalue weighted by Gasteiger charge is -2.25. The van der Waals surface area contributed by atoms with Gasteiger partial charge in [0.25, 0.3) is 0 Å². The third-order valence-electron chi connectivity index (χ3n) is 3.89. The Morgan fingerprint density at radius 1 is 1.21 bits per heavy atom. The van der Waals surface area contributed by atoms with Gasteiger partial charge < -0.3 is 15.2 Å². The molecule has 2 N–H and O–H groups in total. The van der Waals surface area contributed by atoms with Gasteiger partial charge in [0, 0.05) is 52.5 Å². The van der Waals surface area contributed by atoms with Crippen LogP contribution >= 0.6 is 0 Å². The van der Waals surface area contributed by atoms with Gasteiger partial charge in [0.1, 0.15) is 12.2 Å². The Kier molecular flexibility index (Phi) is 6.71. The first-order valence-corrected chi connectivity index (χ1v) is 8.30. The highest BCUT2D eigenvalue weighted by molar-refractivity contribution is 5.97. The molecule has 2 rings (SSSR count). The van der Waals surface area contributed by atoms with Crippen molar-refractivity contribution >= 4 is 17.8 Å². The second kappa shape index (κ2) is 8.99. The summed E-state index contributed by atoms with van der Waals surface area (Å²) < 4.78 is 1.99. The number of aryl methyl sites for hydroxylation is 1. The molecular weight excluding hydrogens is 310 g/mol. The number of aliphatic imine (C=N–C) groups is 1. The highest BCUT2D eigenvalue weighted by Gasteiger charge is 2.25. The molecule has 0 saturated carbocycles. The van der Waals surface area contributed by atoms with Gasteiger partial charge in [0.2, 0.25) is 11.8 Å². The van der Waals surface area contributed by atoms with Crippen LogP contribution in [0.4, 0.5) is 0 Å². The lowest BCUT2D eigenvalue weighted by atomic mass is 10.1. The first kappa shape index (κ1) is 17.9. The number of imide groups is 1. The molecule has 2 amide bonds. The van der Waals surface area contributed by atoms with Crippen molar-refractivity contribution in [3.63, 3.8) is 0 Å². The minimum absolute atomic E-state index is 0.0873. The van der Waals surface area contributed by atoms with E-state index in [-0.39, 0.29) is 11.8 Å². The number of carbonyl (C=O) groups excluding carboxylic acids is 2. The second-order valence-corrected chi connectivity index (χ2v) is 5.51. The molecule has 2 heterocycles. The number of piperidine rings is 1. The quantitative estimate of drug-likeness (QED) is 0.397. The van der Waals surface area contributed by atoms with E-state index in [2.05, 4.69) is 25.8 Å². The molecule has 0 aromatic carbocycles. The average Bonchev–Trinajstić information content (AvgIpc) is 3.03. The standard InChI is InChI=1S/C15H25N7O2/c1-3-12-20-19-11-21(12)9-7-17-15(16-2)18-8-10-22-13(23)5-4-6-14(22)24/h11H,3-10H2,1-2H3,(H2,16,17,18). The maximum atomic E-state index is 11.7. The van der Waals surface area contributed by atoms with E-state index in [4.69, 9.17) is 0 Å². The molecule has 1 fully saturated rings. The third-order valence-corrected chi connectivity index (χ3v) is 3.89. The largest absolute Gasteiger partial charge is 0.355 e. The fraction of sp³-hybridized carbons (Fsp3) is 0.667. The summed E-state index contributed by atoms with van der Waals surface area (Å²) in [5, 5.41) is 14.2. The smallest absolute Gasteiger partial charge is 0.229 e. The third kappa shape index (κ3) is 4.77. The van der Waals surface area contributed by atoms with Gasteiger partial charge in [0.15, 0.2) is 5.96 Å². The number of guanidine groups is 1. The zero-order chi connectivity index (χ0) is 17.4. The number of aromatic nitrogens is 3. The van der Waals surface area contributed by atoms with Crippen LogP contribution in [-0.4, -0.2) is 64.1 Å². The first-order chi connectivity index (χ1) is 11.7. The fourth-order valence-electron chi connectivity index (χ4n) is 2.59. The van der Waals surface area contributed by atoms with Gasteiger partial charge in [-0.1, -0.05) is 6.92 Å². The Bertz CT molecular complexity index is 580. The SMILES string of the molecule is CCc1nncn1CCNC(=NC)NCCN1C(=O)CCCC1=O. The Morgan fingerprint density at radius 3 is 2.50 bits per heavy atom. The van der Waals surface area contributed by atoms with Crippen LogP contribution in [0.15, 0.2) is 11.3 Å². The lowest BCUT2D eigenvalue weighted by molar-refractivity contribution is -0.147. The Morgan fingerprint density at radius 2 is 1.88 bits per heavy atom. The molecule has 9 nitrogen and oxygen atoms in total. The van der Waals surface area contributed by atoms with Crippen LogP contribution in [0, 0.1) is 0 Å². The summed E-state index contributed by atoms with van der Waals surface area (Å²) in [6.07, 6.45) is 4.12. The summed E-state index contributed by atoms with van der Waals surface area (Å²) in [6, 6.07) is 0. The summed E-state index contributed by atoms with van der Waals surface area (Å²) in [7, 11) is 1.68. The van der Waals surface area contributed by atoms with E-state index in [1.165, 1.54) is 4.90 Å². The molecule has 1 aromatic heterocycles. The average molecular weight is 335 g/mol. The van der Waals surface area contributed by atoms with Gasteiger partial charge >= 0.3 is 0 Å². The van der Waals surface area contributed by atoms with Gasteiger partial charge in [-0.05, 0) is 6.42 Å². The number of likely N-dealkylation sites (tertiary alicyclic amines) is 1. The first-order valence-electron chi connectivity index (χ1n) is 8.30. The summed E-state index contributed by atoms with van der Waals surface area (Å²) in [5.74, 6) is 1.41. The van der Waals surface area contributed by atoms with Crippen molar-refractivity contribution in [2.45, 2.75) is 39.2 Å². The maximum Gasteiger partial charge on any atom is 0.229 e. The maximum absolute atomic E-state index is 11.7. The van der Waals surface area contributed by atoms with Crippen molar-refractivity contribution < 1.29 is 9.59 Å². The molecule has 0 spiro atoms. The molecule has 1 aromatic rings. The molecule has 132 valence electrons. The highest BCUT2D eigenvalue weighted by Crippen LogP contribution is 2.11. The van der Waals surface area contributed by atoms with Crippen molar-refractivity contribution in [3.8, 4) is 0 Å². The molecule has 9 heteroatoms. The Balaban J connectivity index is 1.70. The second-order valence-electron chi connectivity index (χ2n) is 5.51. The van der Waals surface area contributed by atoms with Crippen molar-refractivity contribution in [1.29, 1.82) is 0 Å². The Hall–Kier alpha value is -2.45. The zero-order valence-electron chi connectivity index (χ0n) is 14.3. The minimum atomic E-state index is -0.0873. The van der Waals surface area contributed by atoms with Crippen LogP contribution in [0.3, 0.4) is 0 Å². The molecular formula is C15H25N7O2. The number of hydrogen-bond acceptors (Lipinski definition) is 5. The van der Waals surface area contributed by atoms with Crippen molar-refractivity contribution in [3.05, 3.63) is 12.2 Å². The number of nitrogens with one attached hydrogen (secondary N) is 2. The minimum Gasteiger partial charge on any atom is -0.355 e. The van der Waals surface area contributed by atoms with E-state index in [1.54, 1.807) is 13.4 Å². The van der Waals surface area contributed by atoms with E-state index in [9.17, 15) is 9.59 Å². The van der Waals surface area contributed by atoms with Gasteiger partial charge in [-0.25, -0.2) is 0 Å². The summed E-state index contributed by atoms with van der Waals surface area (Å²) in [4.78, 5) is 28.9. The number of hydrogen-bond donors (Lipinski definition) is 2. The van der Waals surface area contributed by atoms with Crippen molar-refractivity contribution in [2.75, 3.05) is 26.7 Å². The molecule has 0 aliphatic carbocycles. The van der Waals surface area contributed by atoms with E-state index in [0.29, 0.717) is 44.9 Å². The number of amides is 2. The Labute approximate surface area is 141 Å². The normalized spacial score (nSPS) is 15.8. The molecule has 0 unspecified atom stereocenters. The molecule has 24 heavy (non-hydrogen) atoms. The summed E-state index contributed by atoms with van der Waals surface area (Å²) in [6.45, 7) is 4.29. The summed E-state index contributed by atoms with van der Waals surface area (Å²) in [5.41, 5.74) is 0. The van der Waals surface area contributed by atoms with Crippen LogP contribution in [0.5, 0.6) is 0 Å². The predicted octanol–water partition coefficient (Wildman–Crippen LogP) is -0.455. The molecule has 1 saturated heterocycles. The van der Waals surface area contributed by atoms with Crippen molar-refractivity contribution in [1.82, 2.24) is 30.3 Å². The zero-order valence-corrected chi connectivity index (χ0v) is 14.3. The molecule has 0 radical (unpaired) electrons. The van der Waals surface area contributed by atoms with E-state index in [1.807, 2.05) is 11.5 Å². The molecule has 0 atom stereocenters. The van der Waals surface area contributed by atoms with Gasteiger partial charge in [-0.3, -0.25) is 19.5 Å².